The molecule has 5 heteroatoms. The smallest absolute Gasteiger partial charge is 0.129 e. The lowest BCUT2D eigenvalue weighted by molar-refractivity contribution is 0.475. The second-order valence-electron chi connectivity index (χ2n) is 4.83. The van der Waals surface area contributed by atoms with Gasteiger partial charge in [-0.25, -0.2) is 4.98 Å². The van der Waals surface area contributed by atoms with E-state index < -0.39 is 0 Å². The molecule has 0 spiro atoms. The van der Waals surface area contributed by atoms with E-state index in [2.05, 4.69) is 30.7 Å². The molecule has 1 aliphatic rings. The number of rotatable bonds is 2. The van der Waals surface area contributed by atoms with Gasteiger partial charge in [0.25, 0.3) is 0 Å². The standard InChI is InChI=1S/C15H16BrN3O/c16-12-4-5-17-15(10-12)19-8-6-18(7-9-19)13-2-1-3-14(20)11-13/h1-5,10-11,20H,6-9H2. The van der Waals surface area contributed by atoms with Crippen molar-refractivity contribution in [2.45, 2.75) is 0 Å². The van der Waals surface area contributed by atoms with Gasteiger partial charge >= 0.3 is 0 Å². The first-order valence-corrected chi connectivity index (χ1v) is 7.42. The minimum absolute atomic E-state index is 0.318. The Morgan fingerprint density at radius 1 is 1.00 bits per heavy atom. The zero-order valence-electron chi connectivity index (χ0n) is 11.0. The SMILES string of the molecule is Oc1cccc(N2CCN(c3cc(Br)ccn3)CC2)c1. The third-order valence-electron chi connectivity index (χ3n) is 3.51. The third-order valence-corrected chi connectivity index (χ3v) is 4.00. The topological polar surface area (TPSA) is 39.6 Å². The van der Waals surface area contributed by atoms with Gasteiger partial charge in [-0.1, -0.05) is 22.0 Å². The monoisotopic (exact) mass is 333 g/mol. The molecule has 1 aliphatic heterocycles. The van der Waals surface area contributed by atoms with E-state index in [1.165, 1.54) is 0 Å². The lowest BCUT2D eigenvalue weighted by Gasteiger charge is -2.36. The molecule has 1 fully saturated rings. The molecule has 1 saturated heterocycles. The molecule has 2 aromatic rings. The number of nitrogens with zero attached hydrogens (tertiary/aromatic N) is 3. The Kier molecular flexibility index (Phi) is 3.78. The summed E-state index contributed by atoms with van der Waals surface area (Å²) in [5.74, 6) is 1.33. The zero-order valence-corrected chi connectivity index (χ0v) is 12.6. The van der Waals surface area contributed by atoms with Gasteiger partial charge in [0.15, 0.2) is 0 Å². The maximum atomic E-state index is 9.55. The van der Waals surface area contributed by atoms with Crippen molar-refractivity contribution in [3.8, 4) is 5.75 Å². The molecule has 1 aromatic heterocycles. The fraction of sp³-hybridized carbons (Fsp3) is 0.267. The molecule has 0 atom stereocenters. The Hall–Kier alpha value is -1.75. The molecule has 2 heterocycles. The summed E-state index contributed by atoms with van der Waals surface area (Å²) >= 11 is 3.48. The van der Waals surface area contributed by atoms with Crippen LogP contribution in [-0.2, 0) is 0 Å². The molecule has 0 unspecified atom stereocenters. The number of hydrogen-bond donors (Lipinski definition) is 1. The normalized spacial score (nSPS) is 15.4. The highest BCUT2D eigenvalue weighted by molar-refractivity contribution is 9.10. The Morgan fingerprint density at radius 2 is 1.75 bits per heavy atom. The number of hydrogen-bond acceptors (Lipinski definition) is 4. The van der Waals surface area contributed by atoms with E-state index in [9.17, 15) is 5.11 Å². The van der Waals surface area contributed by atoms with Gasteiger partial charge in [-0.3, -0.25) is 0 Å². The quantitative estimate of drug-likeness (QED) is 0.917. The van der Waals surface area contributed by atoms with Gasteiger partial charge in [-0.2, -0.15) is 0 Å². The zero-order chi connectivity index (χ0) is 13.9. The average Bonchev–Trinajstić information content (AvgIpc) is 2.47. The molecule has 0 bridgehead atoms. The number of aromatic hydroxyl groups is 1. The van der Waals surface area contributed by atoms with Crippen molar-refractivity contribution < 1.29 is 5.11 Å². The van der Waals surface area contributed by atoms with Crippen LogP contribution in [0.5, 0.6) is 5.75 Å². The molecule has 20 heavy (non-hydrogen) atoms. The number of phenolic OH excluding ortho intramolecular Hbond substituents is 1. The average molecular weight is 334 g/mol. The van der Waals surface area contributed by atoms with E-state index in [1.807, 2.05) is 36.5 Å². The minimum atomic E-state index is 0.318. The minimum Gasteiger partial charge on any atom is -0.508 e. The van der Waals surface area contributed by atoms with Crippen LogP contribution >= 0.6 is 15.9 Å². The molecule has 104 valence electrons. The van der Waals surface area contributed by atoms with Gasteiger partial charge in [0.05, 0.1) is 0 Å². The van der Waals surface area contributed by atoms with Gasteiger partial charge in [-0.15, -0.1) is 0 Å². The molecule has 0 radical (unpaired) electrons. The number of aromatic nitrogens is 1. The summed E-state index contributed by atoms with van der Waals surface area (Å²) in [5.41, 5.74) is 1.08. The number of piperazine rings is 1. The molecular formula is C15H16BrN3O. The van der Waals surface area contributed by atoms with Crippen LogP contribution in [-0.4, -0.2) is 36.3 Å². The largest absolute Gasteiger partial charge is 0.508 e. The van der Waals surface area contributed by atoms with Crippen molar-refractivity contribution in [3.63, 3.8) is 0 Å². The van der Waals surface area contributed by atoms with Crippen LogP contribution in [0, 0.1) is 0 Å². The predicted octanol–water partition coefficient (Wildman–Crippen LogP) is 2.88. The summed E-state index contributed by atoms with van der Waals surface area (Å²) in [7, 11) is 0. The van der Waals surface area contributed by atoms with Crippen LogP contribution in [0.25, 0.3) is 0 Å². The first kappa shape index (κ1) is 13.2. The number of halogens is 1. The second-order valence-corrected chi connectivity index (χ2v) is 5.74. The van der Waals surface area contributed by atoms with Crippen molar-refractivity contribution in [1.82, 2.24) is 4.98 Å². The lowest BCUT2D eigenvalue weighted by atomic mass is 10.2. The predicted molar refractivity (Wildman–Crippen MR) is 84.5 cm³/mol. The first-order valence-electron chi connectivity index (χ1n) is 6.63. The van der Waals surface area contributed by atoms with Gasteiger partial charge in [0.2, 0.25) is 0 Å². The Labute approximate surface area is 126 Å². The van der Waals surface area contributed by atoms with E-state index in [0.29, 0.717) is 5.75 Å². The molecular weight excluding hydrogens is 318 g/mol. The fourth-order valence-electron chi connectivity index (χ4n) is 2.45. The fourth-order valence-corrected chi connectivity index (χ4v) is 2.77. The highest BCUT2D eigenvalue weighted by Crippen LogP contribution is 2.23. The number of benzene rings is 1. The highest BCUT2D eigenvalue weighted by atomic mass is 79.9. The summed E-state index contributed by atoms with van der Waals surface area (Å²) in [5, 5.41) is 9.55. The maximum absolute atomic E-state index is 9.55. The van der Waals surface area contributed by atoms with Crippen LogP contribution in [0.15, 0.2) is 47.1 Å². The molecule has 1 aromatic carbocycles. The lowest BCUT2D eigenvalue weighted by Crippen LogP contribution is -2.46. The molecule has 0 saturated carbocycles. The van der Waals surface area contributed by atoms with Gasteiger partial charge < -0.3 is 14.9 Å². The third kappa shape index (κ3) is 2.88. The van der Waals surface area contributed by atoms with Crippen LogP contribution in [0.1, 0.15) is 0 Å². The van der Waals surface area contributed by atoms with E-state index in [0.717, 1.165) is 42.2 Å². The molecule has 3 rings (SSSR count). The Morgan fingerprint density at radius 3 is 2.45 bits per heavy atom. The summed E-state index contributed by atoms with van der Waals surface area (Å²) in [6.45, 7) is 3.72. The summed E-state index contributed by atoms with van der Waals surface area (Å²) in [6.07, 6.45) is 1.82. The van der Waals surface area contributed by atoms with Crippen LogP contribution < -0.4 is 9.80 Å². The second kappa shape index (κ2) is 5.71. The van der Waals surface area contributed by atoms with E-state index in [1.54, 1.807) is 6.07 Å². The number of anilines is 2. The highest BCUT2D eigenvalue weighted by Gasteiger charge is 2.18. The first-order chi connectivity index (χ1) is 9.72. The maximum Gasteiger partial charge on any atom is 0.129 e. The van der Waals surface area contributed by atoms with Crippen LogP contribution in [0.4, 0.5) is 11.5 Å². The number of phenols is 1. The molecule has 4 nitrogen and oxygen atoms in total. The molecule has 0 aliphatic carbocycles. The van der Waals surface area contributed by atoms with Gasteiger partial charge in [0, 0.05) is 48.6 Å². The van der Waals surface area contributed by atoms with E-state index in [-0.39, 0.29) is 0 Å². The molecule has 1 N–H and O–H groups in total. The van der Waals surface area contributed by atoms with Gasteiger partial charge in [-0.05, 0) is 24.3 Å². The van der Waals surface area contributed by atoms with Crippen molar-refractivity contribution in [3.05, 3.63) is 47.1 Å². The van der Waals surface area contributed by atoms with Crippen molar-refractivity contribution in [1.29, 1.82) is 0 Å². The Bertz CT molecular complexity index is 544. The summed E-state index contributed by atoms with van der Waals surface area (Å²) in [6, 6.07) is 11.4. The summed E-state index contributed by atoms with van der Waals surface area (Å²) < 4.78 is 1.05. The van der Waals surface area contributed by atoms with E-state index in [4.69, 9.17) is 0 Å². The van der Waals surface area contributed by atoms with Gasteiger partial charge in [0.1, 0.15) is 11.6 Å². The van der Waals surface area contributed by atoms with Crippen LogP contribution in [0.3, 0.4) is 0 Å². The van der Waals surface area contributed by atoms with Crippen LogP contribution in [0.2, 0.25) is 0 Å². The van der Waals surface area contributed by atoms with Crippen molar-refractivity contribution >= 4 is 27.4 Å². The Balaban J connectivity index is 1.68. The number of pyridine rings is 1. The van der Waals surface area contributed by atoms with Crippen molar-refractivity contribution in [2.24, 2.45) is 0 Å². The van der Waals surface area contributed by atoms with Crippen molar-refractivity contribution in [2.75, 3.05) is 36.0 Å². The van der Waals surface area contributed by atoms with E-state index >= 15 is 0 Å². The molecule has 0 amide bonds. The summed E-state index contributed by atoms with van der Waals surface area (Å²) in [4.78, 5) is 8.98.